The summed E-state index contributed by atoms with van der Waals surface area (Å²) in [6.45, 7) is 17.4. The van der Waals surface area contributed by atoms with Crippen molar-refractivity contribution >= 4 is 0 Å². The molecular formula is C21H38. The van der Waals surface area contributed by atoms with Crippen molar-refractivity contribution in [2.24, 2.45) is 39.4 Å². The molecule has 0 aliphatic heterocycles. The van der Waals surface area contributed by atoms with Gasteiger partial charge in [-0.15, -0.1) is 0 Å². The molecule has 0 heteroatoms. The molecule has 0 bridgehead atoms. The van der Waals surface area contributed by atoms with Crippen LogP contribution in [0, 0.1) is 39.4 Å². The van der Waals surface area contributed by atoms with Gasteiger partial charge in [0.1, 0.15) is 0 Å². The monoisotopic (exact) mass is 290 g/mol. The number of hydrogen-bond acceptors (Lipinski definition) is 0. The zero-order valence-corrected chi connectivity index (χ0v) is 15.7. The Morgan fingerprint density at radius 1 is 1.19 bits per heavy atom. The summed E-state index contributed by atoms with van der Waals surface area (Å²) < 4.78 is 0. The molecule has 0 saturated heterocycles. The third-order valence-corrected chi connectivity index (χ3v) is 8.00. The molecule has 0 heterocycles. The molecule has 0 aromatic carbocycles. The van der Waals surface area contributed by atoms with Crippen molar-refractivity contribution in [3.8, 4) is 0 Å². The van der Waals surface area contributed by atoms with E-state index >= 15 is 0 Å². The van der Waals surface area contributed by atoms with Gasteiger partial charge in [0, 0.05) is 0 Å². The van der Waals surface area contributed by atoms with Gasteiger partial charge in [-0.3, -0.25) is 0 Å². The molecule has 21 heavy (non-hydrogen) atoms. The molecule has 3 aliphatic carbocycles. The number of rotatable bonds is 6. The van der Waals surface area contributed by atoms with E-state index in [4.69, 9.17) is 0 Å². The van der Waals surface area contributed by atoms with Crippen molar-refractivity contribution in [3.05, 3.63) is 0 Å². The molecule has 3 fully saturated rings. The molecule has 0 nitrogen and oxygen atoms in total. The van der Waals surface area contributed by atoms with Gasteiger partial charge in [0.25, 0.3) is 0 Å². The smallest absolute Gasteiger partial charge is 0.0207 e. The van der Waals surface area contributed by atoms with Gasteiger partial charge in [0.05, 0.1) is 0 Å². The third-order valence-electron chi connectivity index (χ3n) is 8.00. The Kier molecular flexibility index (Phi) is 3.41. The maximum Gasteiger partial charge on any atom is -0.0207 e. The lowest BCUT2D eigenvalue weighted by atomic mass is 9.66. The van der Waals surface area contributed by atoms with Crippen LogP contribution in [0.25, 0.3) is 0 Å². The first-order valence-corrected chi connectivity index (χ1v) is 9.55. The average molecular weight is 291 g/mol. The van der Waals surface area contributed by atoms with Gasteiger partial charge >= 0.3 is 0 Å². The molecule has 3 aliphatic rings. The Bertz CT molecular complexity index is 416. The van der Waals surface area contributed by atoms with Crippen LogP contribution in [0.15, 0.2) is 0 Å². The van der Waals surface area contributed by atoms with E-state index in [1.165, 1.54) is 32.1 Å². The largest absolute Gasteiger partial charge is 0.0628 e. The van der Waals surface area contributed by atoms with Crippen molar-refractivity contribution < 1.29 is 0 Å². The molecule has 3 saturated carbocycles. The minimum atomic E-state index is 0.535. The zero-order chi connectivity index (χ0) is 15.7. The van der Waals surface area contributed by atoms with Crippen LogP contribution in [0.2, 0.25) is 0 Å². The van der Waals surface area contributed by atoms with Crippen LogP contribution in [0.3, 0.4) is 0 Å². The van der Waals surface area contributed by atoms with Crippen LogP contribution in [0.5, 0.6) is 0 Å². The molecule has 0 aromatic heterocycles. The fourth-order valence-corrected chi connectivity index (χ4v) is 6.40. The highest BCUT2D eigenvalue weighted by Crippen LogP contribution is 2.84. The molecule has 0 amide bonds. The van der Waals surface area contributed by atoms with Gasteiger partial charge in [-0.2, -0.15) is 0 Å². The molecule has 122 valence electrons. The SMILES string of the molecule is CC(C)CC(C)(C)CCC1(C2CC23CCC3C)CC1(C)C. The van der Waals surface area contributed by atoms with E-state index in [1.54, 1.807) is 12.8 Å². The summed E-state index contributed by atoms with van der Waals surface area (Å²) >= 11 is 0. The summed E-state index contributed by atoms with van der Waals surface area (Å²) in [6.07, 6.45) is 10.5. The Balaban J connectivity index is 1.65. The van der Waals surface area contributed by atoms with Gasteiger partial charge in [0.15, 0.2) is 0 Å². The summed E-state index contributed by atoms with van der Waals surface area (Å²) in [7, 11) is 0. The summed E-state index contributed by atoms with van der Waals surface area (Å²) in [5.74, 6) is 2.94. The summed E-state index contributed by atoms with van der Waals surface area (Å²) in [5.41, 5.74) is 2.70. The maximum atomic E-state index is 2.55. The van der Waals surface area contributed by atoms with Crippen LogP contribution in [-0.2, 0) is 0 Å². The quantitative estimate of drug-likeness (QED) is 0.511. The van der Waals surface area contributed by atoms with E-state index in [9.17, 15) is 0 Å². The van der Waals surface area contributed by atoms with Gasteiger partial charge in [0.2, 0.25) is 0 Å². The first-order chi connectivity index (χ1) is 9.55. The lowest BCUT2D eigenvalue weighted by Gasteiger charge is -2.39. The van der Waals surface area contributed by atoms with Gasteiger partial charge in [-0.1, -0.05) is 48.5 Å². The lowest BCUT2D eigenvalue weighted by Crippen LogP contribution is -2.31. The van der Waals surface area contributed by atoms with Crippen molar-refractivity contribution in [1.29, 1.82) is 0 Å². The second-order valence-corrected chi connectivity index (χ2v) is 10.9. The Labute approximate surface area is 133 Å². The minimum absolute atomic E-state index is 0.535. The highest BCUT2D eigenvalue weighted by Gasteiger charge is 2.77. The number of hydrogen-bond donors (Lipinski definition) is 0. The molecule has 0 N–H and O–H groups in total. The second kappa shape index (κ2) is 4.51. The predicted molar refractivity (Wildman–Crippen MR) is 92.2 cm³/mol. The normalized spacial score (nSPS) is 44.0. The van der Waals surface area contributed by atoms with E-state index < -0.39 is 0 Å². The van der Waals surface area contributed by atoms with Crippen molar-refractivity contribution in [3.63, 3.8) is 0 Å². The highest BCUT2D eigenvalue weighted by molar-refractivity contribution is 5.25. The summed E-state index contributed by atoms with van der Waals surface area (Å²) in [5, 5.41) is 0. The van der Waals surface area contributed by atoms with E-state index in [-0.39, 0.29) is 0 Å². The Morgan fingerprint density at radius 3 is 2.14 bits per heavy atom. The fraction of sp³-hybridized carbons (Fsp3) is 1.00. The van der Waals surface area contributed by atoms with Gasteiger partial charge in [-0.25, -0.2) is 0 Å². The fourth-order valence-electron chi connectivity index (χ4n) is 6.40. The minimum Gasteiger partial charge on any atom is -0.0628 e. The van der Waals surface area contributed by atoms with Crippen LogP contribution in [0.1, 0.15) is 93.4 Å². The van der Waals surface area contributed by atoms with E-state index in [0.717, 1.165) is 28.6 Å². The standard InChI is InChI=1S/C21H38/c1-15(2)12-18(4,5)10-11-21(14-19(21,6)7)17-13-20(17)9-8-16(20)3/h15-17H,8-14H2,1-7H3. The van der Waals surface area contributed by atoms with Crippen molar-refractivity contribution in [2.75, 3.05) is 0 Å². The second-order valence-electron chi connectivity index (χ2n) is 10.9. The average Bonchev–Trinajstić information content (AvgIpc) is 3.18. The molecule has 0 aromatic rings. The van der Waals surface area contributed by atoms with Crippen LogP contribution >= 0.6 is 0 Å². The van der Waals surface area contributed by atoms with Gasteiger partial charge in [-0.05, 0) is 84.4 Å². The molecule has 4 unspecified atom stereocenters. The molecule has 1 spiro atoms. The van der Waals surface area contributed by atoms with Crippen LogP contribution in [0.4, 0.5) is 0 Å². The van der Waals surface area contributed by atoms with E-state index in [0.29, 0.717) is 10.8 Å². The lowest BCUT2D eigenvalue weighted by molar-refractivity contribution is 0.103. The van der Waals surface area contributed by atoms with Crippen molar-refractivity contribution in [1.82, 2.24) is 0 Å². The zero-order valence-electron chi connectivity index (χ0n) is 15.7. The molecular weight excluding hydrogens is 252 g/mol. The molecule has 3 rings (SSSR count). The first kappa shape index (κ1) is 15.9. The van der Waals surface area contributed by atoms with Crippen LogP contribution < -0.4 is 0 Å². The van der Waals surface area contributed by atoms with Crippen LogP contribution in [-0.4, -0.2) is 0 Å². The predicted octanol–water partition coefficient (Wildman–Crippen LogP) is 6.69. The van der Waals surface area contributed by atoms with Gasteiger partial charge < -0.3 is 0 Å². The summed E-state index contributed by atoms with van der Waals surface area (Å²) in [4.78, 5) is 0. The first-order valence-electron chi connectivity index (χ1n) is 9.55. The third kappa shape index (κ3) is 2.40. The summed E-state index contributed by atoms with van der Waals surface area (Å²) in [6, 6.07) is 0. The maximum absolute atomic E-state index is 2.55. The molecule has 0 radical (unpaired) electrons. The van der Waals surface area contributed by atoms with E-state index in [2.05, 4.69) is 48.5 Å². The Morgan fingerprint density at radius 2 is 1.81 bits per heavy atom. The Hall–Kier alpha value is 0. The van der Waals surface area contributed by atoms with E-state index in [1.807, 2.05) is 0 Å². The topological polar surface area (TPSA) is 0 Å². The van der Waals surface area contributed by atoms with Crippen molar-refractivity contribution in [2.45, 2.75) is 93.4 Å². The molecule has 4 atom stereocenters. The highest BCUT2D eigenvalue weighted by atomic mass is 14.8.